The number of anilines is 1. The lowest BCUT2D eigenvalue weighted by molar-refractivity contribution is -0.147. The van der Waals surface area contributed by atoms with Gasteiger partial charge in [-0.3, -0.25) is 10.1 Å². The predicted molar refractivity (Wildman–Crippen MR) is 72.4 cm³/mol. The van der Waals surface area contributed by atoms with Crippen LogP contribution in [0.15, 0.2) is 0 Å². The third-order valence-corrected chi connectivity index (χ3v) is 3.25. The van der Waals surface area contributed by atoms with Crippen LogP contribution in [-0.4, -0.2) is 38.8 Å². The van der Waals surface area contributed by atoms with Crippen LogP contribution in [0.5, 0.6) is 0 Å². The molecule has 0 saturated heterocycles. The zero-order valence-electron chi connectivity index (χ0n) is 12.0. The number of nitrogens with zero attached hydrogens (tertiary/aromatic N) is 3. The molecule has 1 aromatic rings. The van der Waals surface area contributed by atoms with Crippen LogP contribution in [0.4, 0.5) is 10.7 Å². The summed E-state index contributed by atoms with van der Waals surface area (Å²) < 4.78 is 0. The maximum atomic E-state index is 11.7. The Morgan fingerprint density at radius 3 is 2.40 bits per heavy atom. The summed E-state index contributed by atoms with van der Waals surface area (Å²) in [6, 6.07) is -0.559. The third-order valence-electron chi connectivity index (χ3n) is 3.25. The molecule has 0 fully saturated rings. The molecule has 0 spiro atoms. The number of carboxylic acid groups (broad SMARTS) is 1. The number of urea groups is 1. The Morgan fingerprint density at radius 2 is 1.90 bits per heavy atom. The number of carbonyl (C=O) groups is 2. The molecule has 1 aromatic heterocycles. The number of aliphatic carboxylic acids is 1. The number of hydrogen-bond donors (Lipinski definition) is 3. The minimum atomic E-state index is -1.00. The number of aryl methyl sites for hydroxylation is 2. The molecule has 0 aromatic carbocycles. The zero-order valence-corrected chi connectivity index (χ0v) is 12.0. The molecule has 0 radical (unpaired) electrons. The van der Waals surface area contributed by atoms with Crippen molar-refractivity contribution in [2.75, 3.05) is 11.9 Å². The minimum absolute atomic E-state index is 0.0168. The van der Waals surface area contributed by atoms with Crippen molar-refractivity contribution in [3.63, 3.8) is 0 Å². The van der Waals surface area contributed by atoms with Gasteiger partial charge in [0.1, 0.15) is 0 Å². The van der Waals surface area contributed by atoms with Crippen LogP contribution in [-0.2, 0) is 4.79 Å². The minimum Gasteiger partial charge on any atom is -0.481 e. The predicted octanol–water partition coefficient (Wildman–Crippen LogP) is 1.11. The van der Waals surface area contributed by atoms with Crippen LogP contribution in [0.25, 0.3) is 0 Å². The summed E-state index contributed by atoms with van der Waals surface area (Å²) in [6.07, 6.45) is 0.407. The van der Waals surface area contributed by atoms with E-state index in [4.69, 9.17) is 5.11 Å². The van der Waals surface area contributed by atoms with Crippen molar-refractivity contribution in [1.29, 1.82) is 0 Å². The van der Waals surface area contributed by atoms with Gasteiger partial charge in [0.25, 0.3) is 5.95 Å². The molecule has 0 saturated carbocycles. The van der Waals surface area contributed by atoms with Crippen molar-refractivity contribution in [2.45, 2.75) is 34.1 Å². The summed E-state index contributed by atoms with van der Waals surface area (Å²) in [7, 11) is 0. The molecular formula is C12H19N5O3. The Hall–Kier alpha value is -2.25. The fourth-order valence-corrected chi connectivity index (χ4v) is 1.28. The molecule has 1 unspecified atom stereocenters. The summed E-state index contributed by atoms with van der Waals surface area (Å²) in [5.74, 6) is -0.872. The Balaban J connectivity index is 2.60. The van der Waals surface area contributed by atoms with Crippen molar-refractivity contribution >= 4 is 17.9 Å². The molecule has 1 rings (SSSR count). The van der Waals surface area contributed by atoms with Gasteiger partial charge in [0.05, 0.1) is 16.8 Å². The Labute approximate surface area is 117 Å². The number of aromatic nitrogens is 3. The molecule has 0 aliphatic heterocycles. The fourth-order valence-electron chi connectivity index (χ4n) is 1.28. The monoisotopic (exact) mass is 281 g/mol. The Morgan fingerprint density at radius 1 is 1.25 bits per heavy atom. The first-order valence-electron chi connectivity index (χ1n) is 6.24. The lowest BCUT2D eigenvalue weighted by Crippen LogP contribution is -2.42. The van der Waals surface area contributed by atoms with Crippen molar-refractivity contribution in [1.82, 2.24) is 20.5 Å². The highest BCUT2D eigenvalue weighted by molar-refractivity contribution is 5.87. The average Bonchev–Trinajstić information content (AvgIpc) is 2.40. The fraction of sp³-hybridized carbons (Fsp3) is 0.583. The van der Waals surface area contributed by atoms with E-state index in [2.05, 4.69) is 25.8 Å². The lowest BCUT2D eigenvalue weighted by Gasteiger charge is -2.23. The van der Waals surface area contributed by atoms with Gasteiger partial charge < -0.3 is 10.4 Å². The van der Waals surface area contributed by atoms with E-state index in [0.717, 1.165) is 0 Å². The maximum absolute atomic E-state index is 11.7. The van der Waals surface area contributed by atoms with Gasteiger partial charge in [0.2, 0.25) is 0 Å². The highest BCUT2D eigenvalue weighted by Gasteiger charge is 2.31. The molecule has 1 atom stereocenters. The summed E-state index contributed by atoms with van der Waals surface area (Å²) >= 11 is 0. The molecule has 8 heteroatoms. The van der Waals surface area contributed by atoms with Gasteiger partial charge in [0.15, 0.2) is 0 Å². The number of amides is 2. The lowest BCUT2D eigenvalue weighted by atomic mass is 9.88. The quantitative estimate of drug-likeness (QED) is 0.744. The van der Waals surface area contributed by atoms with E-state index in [-0.39, 0.29) is 12.5 Å². The van der Waals surface area contributed by atoms with Crippen LogP contribution in [0, 0.1) is 19.3 Å². The molecule has 2 amide bonds. The topological polar surface area (TPSA) is 117 Å². The van der Waals surface area contributed by atoms with E-state index in [1.165, 1.54) is 0 Å². The zero-order chi connectivity index (χ0) is 15.3. The van der Waals surface area contributed by atoms with E-state index < -0.39 is 17.4 Å². The van der Waals surface area contributed by atoms with Crippen molar-refractivity contribution in [3.8, 4) is 0 Å². The van der Waals surface area contributed by atoms with Gasteiger partial charge >= 0.3 is 12.0 Å². The molecular weight excluding hydrogens is 262 g/mol. The second-order valence-electron chi connectivity index (χ2n) is 4.83. The van der Waals surface area contributed by atoms with Gasteiger partial charge in [-0.2, -0.15) is 5.10 Å². The summed E-state index contributed by atoms with van der Waals surface area (Å²) in [5.41, 5.74) is 0.347. The second-order valence-corrected chi connectivity index (χ2v) is 4.83. The average molecular weight is 281 g/mol. The molecule has 20 heavy (non-hydrogen) atoms. The number of nitrogens with one attached hydrogen (secondary N) is 2. The number of carbonyl (C=O) groups excluding carboxylic acids is 1. The smallest absolute Gasteiger partial charge is 0.321 e. The van der Waals surface area contributed by atoms with Crippen molar-refractivity contribution in [3.05, 3.63) is 11.4 Å². The van der Waals surface area contributed by atoms with Gasteiger partial charge in [-0.05, 0) is 27.2 Å². The number of rotatable bonds is 5. The van der Waals surface area contributed by atoms with Crippen LogP contribution in [0.1, 0.15) is 31.7 Å². The van der Waals surface area contributed by atoms with E-state index in [1.807, 2.05) is 0 Å². The molecule has 3 N–H and O–H groups in total. The summed E-state index contributed by atoms with van der Waals surface area (Å²) in [6.45, 7) is 6.86. The van der Waals surface area contributed by atoms with Crippen LogP contribution >= 0.6 is 0 Å². The van der Waals surface area contributed by atoms with Crippen molar-refractivity contribution < 1.29 is 14.7 Å². The SMILES string of the molecule is CCC(C)(CNC(=O)Nc1nnc(C)c(C)n1)C(=O)O. The first-order chi connectivity index (χ1) is 9.28. The van der Waals surface area contributed by atoms with E-state index >= 15 is 0 Å². The molecule has 0 bridgehead atoms. The van der Waals surface area contributed by atoms with Gasteiger partial charge in [-0.15, -0.1) is 5.10 Å². The third kappa shape index (κ3) is 3.87. The van der Waals surface area contributed by atoms with Crippen LogP contribution in [0.3, 0.4) is 0 Å². The van der Waals surface area contributed by atoms with Crippen LogP contribution < -0.4 is 10.6 Å². The van der Waals surface area contributed by atoms with Crippen LogP contribution in [0.2, 0.25) is 0 Å². The maximum Gasteiger partial charge on any atom is 0.321 e. The number of carboxylic acids is 1. The van der Waals surface area contributed by atoms with E-state index in [9.17, 15) is 9.59 Å². The Bertz CT molecular complexity index is 520. The Kier molecular flexibility index (Phi) is 4.95. The molecule has 1 heterocycles. The molecule has 0 aliphatic rings. The molecule has 0 aliphatic carbocycles. The highest BCUT2D eigenvalue weighted by Crippen LogP contribution is 2.19. The normalized spacial score (nSPS) is 13.4. The largest absolute Gasteiger partial charge is 0.481 e. The highest BCUT2D eigenvalue weighted by atomic mass is 16.4. The van der Waals surface area contributed by atoms with E-state index in [1.54, 1.807) is 27.7 Å². The second kappa shape index (κ2) is 6.27. The molecule has 110 valence electrons. The summed E-state index contributed by atoms with van der Waals surface area (Å²) in [5, 5.41) is 21.6. The standard InChI is InChI=1S/C12H19N5O3/c1-5-12(4,9(18)19)6-13-11(20)15-10-14-7(2)8(3)16-17-10/h5-6H2,1-4H3,(H,18,19)(H2,13,14,15,17,20). The summed E-state index contributed by atoms with van der Waals surface area (Å²) in [4.78, 5) is 26.8. The first-order valence-corrected chi connectivity index (χ1v) is 6.24. The van der Waals surface area contributed by atoms with Gasteiger partial charge in [0, 0.05) is 6.54 Å². The number of hydrogen-bond acceptors (Lipinski definition) is 5. The first kappa shape index (κ1) is 15.8. The van der Waals surface area contributed by atoms with Gasteiger partial charge in [-0.1, -0.05) is 6.92 Å². The van der Waals surface area contributed by atoms with E-state index in [0.29, 0.717) is 17.8 Å². The van der Waals surface area contributed by atoms with Gasteiger partial charge in [-0.25, -0.2) is 9.78 Å². The van der Waals surface area contributed by atoms with Crippen molar-refractivity contribution in [2.24, 2.45) is 5.41 Å². The molecule has 8 nitrogen and oxygen atoms in total.